The molecule has 0 aliphatic heterocycles. The second kappa shape index (κ2) is 6.61. The zero-order valence-corrected chi connectivity index (χ0v) is 16.0. The lowest BCUT2D eigenvalue weighted by Gasteiger charge is -2.12. The highest BCUT2D eigenvalue weighted by Crippen LogP contribution is 2.41. The fourth-order valence-corrected chi connectivity index (χ4v) is 3.27. The molecule has 0 saturated heterocycles. The van der Waals surface area contributed by atoms with Crippen molar-refractivity contribution in [1.29, 1.82) is 0 Å². The maximum atomic E-state index is 13.9. The summed E-state index contributed by atoms with van der Waals surface area (Å²) in [4.78, 5) is 23.9. The third kappa shape index (κ3) is 3.46. The Balaban J connectivity index is 1.93. The third-order valence-corrected chi connectivity index (χ3v) is 4.77. The van der Waals surface area contributed by atoms with E-state index in [1.165, 1.54) is 6.92 Å². The number of hydrogen-bond donors (Lipinski definition) is 1. The van der Waals surface area contributed by atoms with Crippen LogP contribution in [0.1, 0.15) is 51.2 Å². The lowest BCUT2D eigenvalue weighted by molar-refractivity contribution is -0.114. The number of nitrogens with zero attached hydrogens (tertiary/aromatic N) is 4. The lowest BCUT2D eigenvalue weighted by atomic mass is 10.1. The van der Waals surface area contributed by atoms with Gasteiger partial charge in [-0.1, -0.05) is 6.92 Å². The van der Waals surface area contributed by atoms with Crippen LogP contribution in [0.2, 0.25) is 0 Å². The van der Waals surface area contributed by atoms with Crippen molar-refractivity contribution in [2.45, 2.75) is 52.0 Å². The number of nitrogens with one attached hydrogen (secondary N) is 1. The number of hydrogen-bond acceptors (Lipinski definition) is 4. The fraction of sp³-hybridized carbons (Fsp3) is 0.400. The average Bonchev–Trinajstić information content (AvgIpc) is 3.41. The maximum Gasteiger partial charge on any atom is 0.303 e. The van der Waals surface area contributed by atoms with Crippen molar-refractivity contribution < 1.29 is 13.6 Å². The van der Waals surface area contributed by atoms with E-state index in [0.29, 0.717) is 29.7 Å². The molecule has 0 atom stereocenters. The van der Waals surface area contributed by atoms with E-state index in [1.54, 1.807) is 18.3 Å². The van der Waals surface area contributed by atoms with Crippen LogP contribution in [0.25, 0.3) is 22.2 Å². The van der Waals surface area contributed by atoms with E-state index in [2.05, 4.69) is 24.8 Å². The van der Waals surface area contributed by atoms with Gasteiger partial charge in [-0.2, -0.15) is 8.78 Å². The highest BCUT2D eigenvalue weighted by atomic mass is 19.3. The molecule has 1 N–H and O–H groups in total. The van der Waals surface area contributed by atoms with Crippen molar-refractivity contribution in [2.24, 2.45) is 0 Å². The van der Waals surface area contributed by atoms with Crippen molar-refractivity contribution in [3.63, 3.8) is 0 Å². The first kappa shape index (κ1) is 18.5. The number of carbonyl (C=O) groups excluding carboxylic acids is 1. The molecule has 1 saturated carbocycles. The molecule has 8 heteroatoms. The molecule has 0 aromatic carbocycles. The van der Waals surface area contributed by atoms with Gasteiger partial charge < -0.3 is 9.88 Å². The van der Waals surface area contributed by atoms with Gasteiger partial charge in [0, 0.05) is 42.7 Å². The minimum atomic E-state index is -3.13. The van der Waals surface area contributed by atoms with Crippen LogP contribution in [0.5, 0.6) is 0 Å². The number of pyridine rings is 1. The summed E-state index contributed by atoms with van der Waals surface area (Å²) in [6.07, 6.45) is 6.32. The van der Waals surface area contributed by atoms with Gasteiger partial charge >= 0.3 is 5.92 Å². The number of halogens is 2. The van der Waals surface area contributed by atoms with Gasteiger partial charge in [0.1, 0.15) is 5.82 Å². The van der Waals surface area contributed by atoms with E-state index in [4.69, 9.17) is 0 Å². The number of aromatic nitrogens is 4. The molecule has 1 amide bonds. The summed E-state index contributed by atoms with van der Waals surface area (Å²) in [5, 5.41) is 3.49. The summed E-state index contributed by atoms with van der Waals surface area (Å²) in [5.41, 5.74) is 2.64. The van der Waals surface area contributed by atoms with E-state index in [1.807, 2.05) is 13.1 Å². The summed E-state index contributed by atoms with van der Waals surface area (Å²) in [6.45, 7) is 4.09. The van der Waals surface area contributed by atoms with Crippen LogP contribution < -0.4 is 5.32 Å². The van der Waals surface area contributed by atoms with Crippen molar-refractivity contribution in [3.05, 3.63) is 36.0 Å². The minimum absolute atomic E-state index is 0.224. The zero-order valence-electron chi connectivity index (χ0n) is 16.0. The molecule has 0 radical (unpaired) electrons. The summed E-state index contributed by atoms with van der Waals surface area (Å²) in [6, 6.07) is 3.89. The molecule has 0 spiro atoms. The Morgan fingerprint density at radius 2 is 2.07 bits per heavy atom. The Morgan fingerprint density at radius 1 is 1.32 bits per heavy atom. The monoisotopic (exact) mass is 385 g/mol. The SMILES string of the molecule is CCc1cc(-c2cn(C3CC3)c3cnc(NC(C)=O)cc23)nc(C(C)(F)F)n1. The first-order valence-corrected chi connectivity index (χ1v) is 9.31. The van der Waals surface area contributed by atoms with E-state index in [0.717, 1.165) is 36.2 Å². The number of anilines is 1. The molecule has 28 heavy (non-hydrogen) atoms. The normalized spacial score (nSPS) is 14.5. The van der Waals surface area contributed by atoms with Crippen LogP contribution in [-0.2, 0) is 17.1 Å². The Morgan fingerprint density at radius 3 is 2.68 bits per heavy atom. The van der Waals surface area contributed by atoms with Crippen molar-refractivity contribution in [1.82, 2.24) is 19.5 Å². The van der Waals surface area contributed by atoms with E-state index < -0.39 is 11.7 Å². The van der Waals surface area contributed by atoms with Crippen LogP contribution in [0, 0.1) is 0 Å². The van der Waals surface area contributed by atoms with Gasteiger partial charge in [0.15, 0.2) is 5.82 Å². The van der Waals surface area contributed by atoms with Crippen LogP contribution in [0.3, 0.4) is 0 Å². The van der Waals surface area contributed by atoms with Crippen LogP contribution >= 0.6 is 0 Å². The number of amides is 1. The van der Waals surface area contributed by atoms with Gasteiger partial charge in [0.25, 0.3) is 0 Å². The van der Waals surface area contributed by atoms with Crippen molar-refractivity contribution in [2.75, 3.05) is 5.32 Å². The number of aryl methyl sites for hydroxylation is 1. The van der Waals surface area contributed by atoms with Crippen molar-refractivity contribution >= 4 is 22.6 Å². The molecule has 1 fully saturated rings. The van der Waals surface area contributed by atoms with Gasteiger partial charge in [-0.3, -0.25) is 4.79 Å². The molecule has 3 aromatic rings. The smallest absolute Gasteiger partial charge is 0.303 e. The molecule has 3 aromatic heterocycles. The highest BCUT2D eigenvalue weighted by molar-refractivity contribution is 5.98. The first-order valence-electron chi connectivity index (χ1n) is 9.31. The maximum absolute atomic E-state index is 13.9. The predicted octanol–water partition coefficient (Wildman–Crippen LogP) is 4.46. The summed E-state index contributed by atoms with van der Waals surface area (Å²) in [5.74, 6) is -3.42. The summed E-state index contributed by atoms with van der Waals surface area (Å²) < 4.78 is 30.0. The molecule has 146 valence electrons. The van der Waals surface area contributed by atoms with Gasteiger partial charge in [-0.05, 0) is 31.4 Å². The van der Waals surface area contributed by atoms with E-state index >= 15 is 0 Å². The van der Waals surface area contributed by atoms with Crippen LogP contribution in [-0.4, -0.2) is 25.4 Å². The zero-order chi connectivity index (χ0) is 20.1. The summed E-state index contributed by atoms with van der Waals surface area (Å²) >= 11 is 0. The van der Waals surface area contributed by atoms with E-state index in [-0.39, 0.29) is 5.91 Å². The third-order valence-electron chi connectivity index (χ3n) is 4.77. The van der Waals surface area contributed by atoms with Gasteiger partial charge in [-0.25, -0.2) is 15.0 Å². The molecule has 3 heterocycles. The molecule has 1 aliphatic carbocycles. The minimum Gasteiger partial charge on any atom is -0.342 e. The number of fused-ring (bicyclic) bond motifs is 1. The highest BCUT2D eigenvalue weighted by Gasteiger charge is 2.31. The van der Waals surface area contributed by atoms with Crippen LogP contribution in [0.4, 0.5) is 14.6 Å². The fourth-order valence-electron chi connectivity index (χ4n) is 3.27. The molecule has 0 unspecified atom stereocenters. The Bertz CT molecular complexity index is 1070. The summed E-state index contributed by atoms with van der Waals surface area (Å²) in [7, 11) is 0. The lowest BCUT2D eigenvalue weighted by Crippen LogP contribution is -2.14. The number of rotatable bonds is 5. The molecule has 1 aliphatic rings. The average molecular weight is 385 g/mol. The number of alkyl halides is 2. The number of carbonyl (C=O) groups is 1. The molecular formula is C20H21F2N5O. The Kier molecular flexibility index (Phi) is 4.36. The Labute approximate surface area is 161 Å². The second-order valence-corrected chi connectivity index (χ2v) is 7.26. The first-order chi connectivity index (χ1) is 13.3. The molecular weight excluding hydrogens is 364 g/mol. The quantitative estimate of drug-likeness (QED) is 0.704. The standard InChI is InChI=1S/C20H21F2N5O/c1-4-12-7-16(26-19(25-12)20(3,21)22)15-10-27(13-5-6-13)17-9-23-18(8-14(15)17)24-11(2)28/h7-10,13H,4-6H2,1-3H3,(H,23,24,28). The van der Waals surface area contributed by atoms with Gasteiger partial charge in [-0.15, -0.1) is 0 Å². The van der Waals surface area contributed by atoms with Crippen molar-refractivity contribution in [3.8, 4) is 11.3 Å². The molecule has 4 rings (SSSR count). The molecule has 6 nitrogen and oxygen atoms in total. The topological polar surface area (TPSA) is 72.7 Å². The van der Waals surface area contributed by atoms with E-state index in [9.17, 15) is 13.6 Å². The van der Waals surface area contributed by atoms with Gasteiger partial charge in [0.05, 0.1) is 17.4 Å². The second-order valence-electron chi connectivity index (χ2n) is 7.26. The molecule has 0 bridgehead atoms. The van der Waals surface area contributed by atoms with Crippen LogP contribution in [0.15, 0.2) is 24.5 Å². The Hall–Kier alpha value is -2.90. The largest absolute Gasteiger partial charge is 0.342 e. The van der Waals surface area contributed by atoms with Gasteiger partial charge in [0.2, 0.25) is 5.91 Å². The predicted molar refractivity (Wildman–Crippen MR) is 102 cm³/mol.